The Labute approximate surface area is 187 Å². The predicted molar refractivity (Wildman–Crippen MR) is 119 cm³/mol. The summed E-state index contributed by atoms with van der Waals surface area (Å²) in [5, 5.41) is 1.31. The van der Waals surface area contributed by atoms with Crippen molar-refractivity contribution in [1.29, 1.82) is 0 Å². The lowest BCUT2D eigenvalue weighted by atomic mass is 10.0. The first-order valence-electron chi connectivity index (χ1n) is 9.96. The molecule has 2 aromatic rings. The summed E-state index contributed by atoms with van der Waals surface area (Å²) in [6, 6.07) is 13.1. The van der Waals surface area contributed by atoms with Gasteiger partial charge in [0.25, 0.3) is 0 Å². The first kappa shape index (κ1) is 22.6. The second-order valence-corrected chi connectivity index (χ2v) is 8.51. The maximum Gasteiger partial charge on any atom is 0.309 e. The van der Waals surface area contributed by atoms with Crippen LogP contribution in [0.1, 0.15) is 23.6 Å². The Kier molecular flexibility index (Phi) is 7.75. The molecule has 0 saturated carbocycles. The summed E-state index contributed by atoms with van der Waals surface area (Å²) in [7, 11) is 1.39. The first-order chi connectivity index (χ1) is 14.4. The van der Waals surface area contributed by atoms with Crippen molar-refractivity contribution in [3.8, 4) is 0 Å². The van der Waals surface area contributed by atoms with Gasteiger partial charge in [-0.05, 0) is 47.9 Å². The van der Waals surface area contributed by atoms with Crippen LogP contribution in [0.25, 0.3) is 0 Å². The zero-order valence-electron chi connectivity index (χ0n) is 17.2. The summed E-state index contributed by atoms with van der Waals surface area (Å²) >= 11 is 12.1. The van der Waals surface area contributed by atoms with Gasteiger partial charge in [0.2, 0.25) is 5.91 Å². The quantitative estimate of drug-likeness (QED) is 0.626. The van der Waals surface area contributed by atoms with Crippen molar-refractivity contribution in [1.82, 2.24) is 9.80 Å². The minimum absolute atomic E-state index is 0.0989. The third kappa shape index (κ3) is 5.97. The van der Waals surface area contributed by atoms with Crippen LogP contribution in [0, 0.1) is 0 Å². The lowest BCUT2D eigenvalue weighted by Crippen LogP contribution is -2.54. The van der Waals surface area contributed by atoms with Gasteiger partial charge < -0.3 is 9.64 Å². The summed E-state index contributed by atoms with van der Waals surface area (Å²) in [5.41, 5.74) is 2.89. The number of halogens is 2. The van der Waals surface area contributed by atoms with Crippen molar-refractivity contribution in [3.05, 3.63) is 69.2 Å². The molecule has 3 rings (SSSR count). The van der Waals surface area contributed by atoms with Crippen molar-refractivity contribution in [2.75, 3.05) is 26.7 Å². The fraction of sp³-hybridized carbons (Fsp3) is 0.391. The van der Waals surface area contributed by atoms with E-state index in [2.05, 4.69) is 11.8 Å². The Morgan fingerprint density at radius 1 is 1.00 bits per heavy atom. The third-order valence-corrected chi connectivity index (χ3v) is 5.91. The molecule has 0 bridgehead atoms. The Bertz CT molecular complexity index is 902. The van der Waals surface area contributed by atoms with Crippen molar-refractivity contribution < 1.29 is 14.3 Å². The van der Waals surface area contributed by atoms with Gasteiger partial charge >= 0.3 is 5.97 Å². The first-order valence-corrected chi connectivity index (χ1v) is 10.7. The van der Waals surface area contributed by atoms with Crippen molar-refractivity contribution >= 4 is 35.1 Å². The molecule has 1 fully saturated rings. The monoisotopic (exact) mass is 448 g/mol. The van der Waals surface area contributed by atoms with Crippen LogP contribution in [-0.4, -0.2) is 54.5 Å². The van der Waals surface area contributed by atoms with E-state index in [4.69, 9.17) is 27.9 Å². The van der Waals surface area contributed by atoms with E-state index in [1.807, 2.05) is 41.3 Å². The fourth-order valence-electron chi connectivity index (χ4n) is 3.81. The summed E-state index contributed by atoms with van der Waals surface area (Å²) in [6.07, 6.45) is 0.594. The smallest absolute Gasteiger partial charge is 0.309 e. The van der Waals surface area contributed by atoms with Crippen LogP contribution in [-0.2, 0) is 33.7 Å². The Morgan fingerprint density at radius 3 is 2.37 bits per heavy atom. The van der Waals surface area contributed by atoms with Crippen molar-refractivity contribution in [2.45, 2.75) is 32.4 Å². The molecule has 30 heavy (non-hydrogen) atoms. The average molecular weight is 449 g/mol. The van der Waals surface area contributed by atoms with Crippen LogP contribution >= 0.6 is 23.2 Å². The summed E-state index contributed by atoms with van der Waals surface area (Å²) in [5.74, 6) is -0.150. The molecular weight excluding hydrogens is 423 g/mol. The van der Waals surface area contributed by atoms with E-state index in [9.17, 15) is 9.59 Å². The number of rotatable bonds is 6. The molecule has 160 valence electrons. The number of ether oxygens (including phenoxy) is 1. The number of hydrogen-bond acceptors (Lipinski definition) is 4. The van der Waals surface area contributed by atoms with Crippen molar-refractivity contribution in [3.63, 3.8) is 0 Å². The Balaban J connectivity index is 1.61. The van der Waals surface area contributed by atoms with Gasteiger partial charge in [0.05, 0.1) is 20.0 Å². The third-order valence-electron chi connectivity index (χ3n) is 5.43. The standard InChI is InChI=1S/C23H26Cl2N2O3/c1-16-14-26(15-19-12-21(25)8-5-18(19)13-23(29)30-2)9-10-27(16)22(28)11-17-3-6-20(24)7-4-17/h3-8,12,16H,9-11,13-15H2,1-2H3/t16-/m0/s1. The van der Waals surface area contributed by atoms with Gasteiger partial charge in [-0.25, -0.2) is 0 Å². The van der Waals surface area contributed by atoms with Crippen LogP contribution in [0.15, 0.2) is 42.5 Å². The lowest BCUT2D eigenvalue weighted by molar-refractivity contribution is -0.140. The highest BCUT2D eigenvalue weighted by atomic mass is 35.5. The zero-order valence-corrected chi connectivity index (χ0v) is 18.7. The minimum atomic E-state index is -0.274. The van der Waals surface area contributed by atoms with E-state index >= 15 is 0 Å². The number of carbonyl (C=O) groups is 2. The normalized spacial score (nSPS) is 17.1. The van der Waals surface area contributed by atoms with Gasteiger partial charge in [0, 0.05) is 42.3 Å². The summed E-state index contributed by atoms with van der Waals surface area (Å²) in [6.45, 7) is 4.94. The van der Waals surface area contributed by atoms with Crippen LogP contribution in [0.5, 0.6) is 0 Å². The van der Waals surface area contributed by atoms with E-state index in [1.165, 1.54) is 7.11 Å². The molecule has 0 spiro atoms. The molecule has 5 nitrogen and oxygen atoms in total. The molecule has 0 radical (unpaired) electrons. The van der Waals surface area contributed by atoms with Gasteiger partial charge in [-0.15, -0.1) is 0 Å². The van der Waals surface area contributed by atoms with E-state index < -0.39 is 0 Å². The van der Waals surface area contributed by atoms with Crippen LogP contribution in [0.2, 0.25) is 10.0 Å². The molecule has 1 heterocycles. The topological polar surface area (TPSA) is 49.9 Å². The van der Waals surface area contributed by atoms with Crippen LogP contribution in [0.3, 0.4) is 0 Å². The molecule has 1 amide bonds. The summed E-state index contributed by atoms with van der Waals surface area (Å²) in [4.78, 5) is 28.8. The molecule has 1 saturated heterocycles. The second kappa shape index (κ2) is 10.3. The molecule has 7 heteroatoms. The largest absolute Gasteiger partial charge is 0.469 e. The number of hydrogen-bond donors (Lipinski definition) is 0. The maximum atomic E-state index is 12.8. The molecule has 1 aliphatic heterocycles. The Hall–Kier alpha value is -2.08. The highest BCUT2D eigenvalue weighted by Crippen LogP contribution is 2.21. The SMILES string of the molecule is COC(=O)Cc1ccc(Cl)cc1CN1CCN(C(=O)Cc2ccc(Cl)cc2)[C@@H](C)C1. The number of methoxy groups -OCH3 is 1. The molecule has 0 N–H and O–H groups in total. The van der Waals surface area contributed by atoms with Gasteiger partial charge in [-0.3, -0.25) is 14.5 Å². The fourth-order valence-corrected chi connectivity index (χ4v) is 4.13. The predicted octanol–water partition coefficient (Wildman–Crippen LogP) is 3.98. The minimum Gasteiger partial charge on any atom is -0.469 e. The number of nitrogens with zero attached hydrogens (tertiary/aromatic N) is 2. The van der Waals surface area contributed by atoms with Gasteiger partial charge in [0.15, 0.2) is 0 Å². The molecule has 0 aliphatic carbocycles. The molecule has 2 aromatic carbocycles. The molecular formula is C23H26Cl2N2O3. The molecule has 1 atom stereocenters. The van der Waals surface area contributed by atoms with Crippen LogP contribution < -0.4 is 0 Å². The number of esters is 1. The zero-order chi connectivity index (χ0) is 21.7. The van der Waals surface area contributed by atoms with E-state index in [1.54, 1.807) is 6.07 Å². The number of amides is 1. The van der Waals surface area contributed by atoms with Gasteiger partial charge in [0.1, 0.15) is 0 Å². The molecule has 0 unspecified atom stereocenters. The average Bonchev–Trinajstić information content (AvgIpc) is 2.71. The van der Waals surface area contributed by atoms with Crippen LogP contribution in [0.4, 0.5) is 0 Å². The van der Waals surface area contributed by atoms with E-state index in [0.717, 1.165) is 29.8 Å². The number of benzene rings is 2. The lowest BCUT2D eigenvalue weighted by Gasteiger charge is -2.40. The van der Waals surface area contributed by atoms with E-state index in [0.29, 0.717) is 29.6 Å². The number of carbonyl (C=O) groups excluding carboxylic acids is 2. The van der Waals surface area contributed by atoms with Gasteiger partial charge in [-0.2, -0.15) is 0 Å². The van der Waals surface area contributed by atoms with Crippen molar-refractivity contribution in [2.24, 2.45) is 0 Å². The highest BCUT2D eigenvalue weighted by Gasteiger charge is 2.27. The molecule has 0 aromatic heterocycles. The van der Waals surface area contributed by atoms with Gasteiger partial charge in [-0.1, -0.05) is 41.4 Å². The van der Waals surface area contributed by atoms with E-state index in [-0.39, 0.29) is 24.3 Å². The maximum absolute atomic E-state index is 12.8. The Morgan fingerprint density at radius 2 is 1.70 bits per heavy atom. The second-order valence-electron chi connectivity index (χ2n) is 7.64. The number of piperazine rings is 1. The molecule has 1 aliphatic rings. The highest BCUT2D eigenvalue weighted by molar-refractivity contribution is 6.30. The summed E-state index contributed by atoms with van der Waals surface area (Å²) < 4.78 is 4.81.